The number of benzene rings is 2. The zero-order valence-electron chi connectivity index (χ0n) is 30.8. The fourth-order valence-electron chi connectivity index (χ4n) is 6.58. The number of hydrogen-bond acceptors (Lipinski definition) is 9. The lowest BCUT2D eigenvalue weighted by molar-refractivity contribution is -0.329. The maximum Gasteiger partial charge on any atom is 0.407 e. The smallest absolute Gasteiger partial charge is 0.407 e. The van der Waals surface area contributed by atoms with Crippen LogP contribution in [-0.2, 0) is 46.1 Å². The molecule has 12 nitrogen and oxygen atoms in total. The molecular weight excluding hydrogens is 709 g/mol. The third-order valence-corrected chi connectivity index (χ3v) is 9.34. The first-order valence-electron chi connectivity index (χ1n) is 18.6. The van der Waals surface area contributed by atoms with Gasteiger partial charge in [0.25, 0.3) is 0 Å². The van der Waals surface area contributed by atoms with E-state index in [1.165, 1.54) is 12.1 Å². The van der Waals surface area contributed by atoms with Gasteiger partial charge in [0.05, 0.1) is 18.8 Å². The van der Waals surface area contributed by atoms with E-state index in [0.717, 1.165) is 11.1 Å². The summed E-state index contributed by atoms with van der Waals surface area (Å²) in [7, 11) is 0. The van der Waals surface area contributed by atoms with Gasteiger partial charge in [-0.1, -0.05) is 49.7 Å². The van der Waals surface area contributed by atoms with Crippen LogP contribution in [-0.4, -0.2) is 80.5 Å². The predicted octanol–water partition coefficient (Wildman–Crippen LogP) is 6.40. The SMILES string of the molecule is CCOC(=O)[C@H](CC(C)C)NC(=O)CCC1CC(OC(=O)NCCc2ccc(F)cc2)CC2(CCCC(COC(=O)NCCc3ccc(Cl)cc3)O2)O1. The highest BCUT2D eigenvalue weighted by molar-refractivity contribution is 6.30. The van der Waals surface area contributed by atoms with E-state index in [1.54, 1.807) is 31.2 Å². The van der Waals surface area contributed by atoms with Crippen molar-refractivity contribution in [3.63, 3.8) is 0 Å². The first kappa shape index (κ1) is 41.8. The summed E-state index contributed by atoms with van der Waals surface area (Å²) in [4.78, 5) is 50.9. The highest BCUT2D eigenvalue weighted by Gasteiger charge is 2.47. The van der Waals surface area contributed by atoms with E-state index < -0.39 is 48.3 Å². The van der Waals surface area contributed by atoms with Crippen molar-refractivity contribution in [1.82, 2.24) is 16.0 Å². The summed E-state index contributed by atoms with van der Waals surface area (Å²) in [6, 6.07) is 12.7. The summed E-state index contributed by atoms with van der Waals surface area (Å²) in [6.45, 7) is 6.54. The molecule has 4 unspecified atom stereocenters. The number of carbonyl (C=O) groups is 4. The van der Waals surface area contributed by atoms with Gasteiger partial charge in [0.2, 0.25) is 5.91 Å². The number of halogens is 2. The van der Waals surface area contributed by atoms with E-state index in [0.29, 0.717) is 56.5 Å². The molecule has 292 valence electrons. The Morgan fingerprint density at radius 1 is 0.925 bits per heavy atom. The van der Waals surface area contributed by atoms with E-state index in [1.807, 2.05) is 26.0 Å². The maximum absolute atomic E-state index is 13.3. The van der Waals surface area contributed by atoms with Crippen molar-refractivity contribution in [2.75, 3.05) is 26.3 Å². The summed E-state index contributed by atoms with van der Waals surface area (Å²) in [5.41, 5.74) is 1.90. The van der Waals surface area contributed by atoms with Gasteiger partial charge in [-0.25, -0.2) is 18.8 Å². The van der Waals surface area contributed by atoms with Gasteiger partial charge in [0, 0.05) is 43.8 Å². The topological polar surface area (TPSA) is 151 Å². The maximum atomic E-state index is 13.3. The molecule has 14 heteroatoms. The summed E-state index contributed by atoms with van der Waals surface area (Å²) >= 11 is 5.95. The fraction of sp³-hybridized carbons (Fsp3) is 0.590. The van der Waals surface area contributed by atoms with Gasteiger partial charge in [0.1, 0.15) is 24.6 Å². The molecule has 0 aromatic heterocycles. The predicted molar refractivity (Wildman–Crippen MR) is 196 cm³/mol. The minimum atomic E-state index is -1.12. The van der Waals surface area contributed by atoms with Crippen LogP contribution < -0.4 is 16.0 Å². The molecule has 0 saturated carbocycles. The molecule has 0 aliphatic carbocycles. The van der Waals surface area contributed by atoms with E-state index in [9.17, 15) is 23.6 Å². The molecule has 3 N–H and O–H groups in total. The molecular formula is C39H53ClFN3O9. The van der Waals surface area contributed by atoms with Crippen molar-refractivity contribution in [1.29, 1.82) is 0 Å². The van der Waals surface area contributed by atoms with Crippen LogP contribution in [0.15, 0.2) is 48.5 Å². The highest BCUT2D eigenvalue weighted by Crippen LogP contribution is 2.41. The van der Waals surface area contributed by atoms with Crippen LogP contribution in [0.2, 0.25) is 5.02 Å². The Hall–Kier alpha value is -3.94. The molecule has 2 aromatic rings. The molecule has 2 heterocycles. The van der Waals surface area contributed by atoms with E-state index >= 15 is 0 Å². The average Bonchev–Trinajstić information content (AvgIpc) is 3.11. The third-order valence-electron chi connectivity index (χ3n) is 9.08. The van der Waals surface area contributed by atoms with Gasteiger partial charge in [-0.2, -0.15) is 0 Å². The Balaban J connectivity index is 1.34. The third kappa shape index (κ3) is 14.8. The summed E-state index contributed by atoms with van der Waals surface area (Å²) in [5, 5.41) is 8.98. The van der Waals surface area contributed by atoms with E-state index in [4.69, 9.17) is 35.3 Å². The number of alkyl carbamates (subject to hydrolysis) is 2. The van der Waals surface area contributed by atoms with Crippen LogP contribution in [0.1, 0.15) is 83.3 Å². The largest absolute Gasteiger partial charge is 0.464 e. The quantitative estimate of drug-likeness (QED) is 0.123. The van der Waals surface area contributed by atoms with Crippen LogP contribution in [0.4, 0.5) is 14.0 Å². The van der Waals surface area contributed by atoms with Gasteiger partial charge >= 0.3 is 18.2 Å². The Kier molecular flexibility index (Phi) is 16.6. The lowest BCUT2D eigenvalue weighted by atomic mass is 9.90. The van der Waals surface area contributed by atoms with Crippen molar-refractivity contribution < 1.29 is 47.3 Å². The Labute approximate surface area is 316 Å². The molecule has 2 saturated heterocycles. The number of amides is 3. The monoisotopic (exact) mass is 761 g/mol. The van der Waals surface area contributed by atoms with Gasteiger partial charge < -0.3 is 39.6 Å². The van der Waals surface area contributed by atoms with Crippen molar-refractivity contribution in [2.24, 2.45) is 5.92 Å². The minimum Gasteiger partial charge on any atom is -0.464 e. The molecule has 3 amide bonds. The fourth-order valence-corrected chi connectivity index (χ4v) is 6.71. The van der Waals surface area contributed by atoms with Crippen LogP contribution in [0.3, 0.4) is 0 Å². The van der Waals surface area contributed by atoms with Gasteiger partial charge in [-0.15, -0.1) is 0 Å². The van der Waals surface area contributed by atoms with Gasteiger partial charge in [-0.3, -0.25) is 4.79 Å². The molecule has 0 bridgehead atoms. The number of carbonyl (C=O) groups excluding carboxylic acids is 4. The first-order chi connectivity index (χ1) is 25.4. The first-order valence-corrected chi connectivity index (χ1v) is 19.0. The lowest BCUT2D eigenvalue weighted by Gasteiger charge is -2.47. The Morgan fingerprint density at radius 2 is 1.57 bits per heavy atom. The van der Waals surface area contributed by atoms with Crippen molar-refractivity contribution in [2.45, 2.75) is 115 Å². The summed E-state index contributed by atoms with van der Waals surface area (Å²) in [5.74, 6) is -2.09. The van der Waals surface area contributed by atoms with Crippen LogP contribution >= 0.6 is 11.6 Å². The number of nitrogens with one attached hydrogen (secondary N) is 3. The number of rotatable bonds is 17. The Morgan fingerprint density at radius 3 is 2.23 bits per heavy atom. The Bertz CT molecular complexity index is 1480. The molecule has 4 rings (SSSR count). The molecule has 2 aliphatic rings. The minimum absolute atomic E-state index is 0.00541. The second-order valence-electron chi connectivity index (χ2n) is 14.0. The molecule has 2 fully saturated rings. The second kappa shape index (κ2) is 21.1. The van der Waals surface area contributed by atoms with Crippen molar-refractivity contribution >= 4 is 35.7 Å². The molecule has 2 aromatic carbocycles. The standard InChI is InChI=1S/C39H53ClFN3O9/c1-4-49-36(46)34(22-26(2)3)44-35(45)16-15-31-23-33(51-38(48)43-21-18-28-9-13-30(41)14-10-28)24-39(52-31)19-5-6-32(53-39)25-50-37(47)42-20-17-27-7-11-29(40)12-8-27/h7-14,26,31-34H,4-6,15-25H2,1-3H3,(H,42,47)(H,43,48)(H,44,45)/t31?,32?,33?,34-,39?/m0/s1. The summed E-state index contributed by atoms with van der Waals surface area (Å²) < 4.78 is 42.8. The lowest BCUT2D eigenvalue weighted by Crippen LogP contribution is -2.54. The van der Waals surface area contributed by atoms with E-state index in [-0.39, 0.29) is 56.7 Å². The number of hydrogen-bond donors (Lipinski definition) is 3. The van der Waals surface area contributed by atoms with Crippen molar-refractivity contribution in [3.8, 4) is 0 Å². The van der Waals surface area contributed by atoms with Crippen LogP contribution in [0, 0.1) is 11.7 Å². The van der Waals surface area contributed by atoms with Crippen molar-refractivity contribution in [3.05, 3.63) is 70.5 Å². The summed E-state index contributed by atoms with van der Waals surface area (Å²) in [6.07, 6.45) is 1.63. The second-order valence-corrected chi connectivity index (χ2v) is 14.4. The zero-order valence-corrected chi connectivity index (χ0v) is 31.6. The van der Waals surface area contributed by atoms with Crippen LogP contribution in [0.25, 0.3) is 0 Å². The average molecular weight is 762 g/mol. The zero-order chi connectivity index (χ0) is 38.2. The molecule has 5 atom stereocenters. The molecule has 2 aliphatic heterocycles. The number of ether oxygens (including phenoxy) is 5. The normalized spacial score (nSPS) is 21.7. The van der Waals surface area contributed by atoms with E-state index in [2.05, 4.69) is 16.0 Å². The van der Waals surface area contributed by atoms with Crippen LogP contribution in [0.5, 0.6) is 0 Å². The highest BCUT2D eigenvalue weighted by atomic mass is 35.5. The van der Waals surface area contributed by atoms with Gasteiger partial charge in [-0.05, 0) is 86.8 Å². The molecule has 0 radical (unpaired) electrons. The van der Waals surface area contributed by atoms with Gasteiger partial charge in [0.15, 0.2) is 5.79 Å². The number of esters is 1. The molecule has 53 heavy (non-hydrogen) atoms. The molecule has 1 spiro atoms.